The van der Waals surface area contributed by atoms with E-state index in [9.17, 15) is 22.8 Å². The molecule has 1 aliphatic rings. The Morgan fingerprint density at radius 2 is 1.87 bits per heavy atom. The van der Waals surface area contributed by atoms with Gasteiger partial charge in [-0.3, -0.25) is 9.59 Å². The molecule has 1 fully saturated rings. The second-order valence-electron chi connectivity index (χ2n) is 7.32. The minimum Gasteiger partial charge on any atom is -0.354 e. The Labute approximate surface area is 175 Å². The quantitative estimate of drug-likeness (QED) is 0.691. The normalized spacial score (nSPS) is 16.2. The molecule has 0 bridgehead atoms. The van der Waals surface area contributed by atoms with Crippen molar-refractivity contribution >= 4 is 17.4 Å². The van der Waals surface area contributed by atoms with Crippen molar-refractivity contribution in [3.8, 4) is 5.69 Å². The maximum Gasteiger partial charge on any atom is 0.271 e. The zero-order valence-electron chi connectivity index (χ0n) is 16.4. The Hall–Kier alpha value is -3.62. The third-order valence-corrected chi connectivity index (χ3v) is 5.14. The molecule has 3 aromatic rings. The predicted octanol–water partition coefficient (Wildman–Crippen LogP) is 3.50. The molecule has 2 aromatic carbocycles. The molecule has 0 aliphatic carbocycles. The molecule has 0 saturated carbocycles. The van der Waals surface area contributed by atoms with Crippen LogP contribution in [0, 0.1) is 23.4 Å². The Balaban J connectivity index is 1.52. The maximum absolute atomic E-state index is 13.6. The van der Waals surface area contributed by atoms with Crippen molar-refractivity contribution in [3.05, 3.63) is 82.4 Å². The third kappa shape index (κ3) is 4.60. The van der Waals surface area contributed by atoms with Gasteiger partial charge >= 0.3 is 0 Å². The highest BCUT2D eigenvalue weighted by Crippen LogP contribution is 2.23. The first kappa shape index (κ1) is 20.6. The lowest BCUT2D eigenvalue weighted by Crippen LogP contribution is -2.41. The average Bonchev–Trinajstić information content (AvgIpc) is 2.77. The zero-order chi connectivity index (χ0) is 22.0. The van der Waals surface area contributed by atoms with Gasteiger partial charge in [-0.05, 0) is 49.2 Å². The molecule has 1 atom stereocenters. The zero-order valence-corrected chi connectivity index (χ0v) is 16.4. The van der Waals surface area contributed by atoms with Crippen molar-refractivity contribution < 1.29 is 18.0 Å². The summed E-state index contributed by atoms with van der Waals surface area (Å²) >= 11 is 0. The highest BCUT2D eigenvalue weighted by atomic mass is 19.2. The van der Waals surface area contributed by atoms with Crippen LogP contribution in [0.4, 0.5) is 24.7 Å². The molecule has 1 saturated heterocycles. The van der Waals surface area contributed by atoms with Crippen LogP contribution in [0.3, 0.4) is 0 Å². The van der Waals surface area contributed by atoms with E-state index in [0.717, 1.165) is 16.8 Å². The summed E-state index contributed by atoms with van der Waals surface area (Å²) in [5.74, 6) is -2.74. The number of nitrogens with one attached hydrogen (secondary N) is 1. The summed E-state index contributed by atoms with van der Waals surface area (Å²) in [6, 6.07) is 11.7. The van der Waals surface area contributed by atoms with Gasteiger partial charge in [0.15, 0.2) is 11.6 Å². The van der Waals surface area contributed by atoms with Crippen LogP contribution >= 0.6 is 0 Å². The van der Waals surface area contributed by atoms with E-state index >= 15 is 0 Å². The molecule has 1 aliphatic heterocycles. The second kappa shape index (κ2) is 8.63. The predicted molar refractivity (Wildman–Crippen MR) is 110 cm³/mol. The van der Waals surface area contributed by atoms with Crippen LogP contribution in [-0.2, 0) is 4.79 Å². The van der Waals surface area contributed by atoms with Gasteiger partial charge in [0.05, 0.1) is 11.6 Å². The van der Waals surface area contributed by atoms with Crippen molar-refractivity contribution in [1.82, 2.24) is 9.78 Å². The lowest BCUT2D eigenvalue weighted by molar-refractivity contribution is -0.120. The van der Waals surface area contributed by atoms with Crippen molar-refractivity contribution in [2.45, 2.75) is 12.8 Å². The number of anilines is 2. The highest BCUT2D eigenvalue weighted by Gasteiger charge is 2.27. The van der Waals surface area contributed by atoms with Gasteiger partial charge in [0.2, 0.25) is 5.91 Å². The van der Waals surface area contributed by atoms with Crippen LogP contribution in [0.25, 0.3) is 5.69 Å². The summed E-state index contributed by atoms with van der Waals surface area (Å²) in [6.45, 7) is 0.965. The van der Waals surface area contributed by atoms with Crippen LogP contribution in [0.15, 0.2) is 59.4 Å². The van der Waals surface area contributed by atoms with Crippen LogP contribution in [0.1, 0.15) is 12.8 Å². The molecule has 0 radical (unpaired) electrons. The Kier molecular flexibility index (Phi) is 5.75. The van der Waals surface area contributed by atoms with Crippen molar-refractivity contribution in [1.29, 1.82) is 0 Å². The summed E-state index contributed by atoms with van der Waals surface area (Å²) in [6.07, 6.45) is 1.33. The molecule has 1 amide bonds. The van der Waals surface area contributed by atoms with Gasteiger partial charge in [0.1, 0.15) is 11.6 Å². The highest BCUT2D eigenvalue weighted by molar-refractivity contribution is 5.93. The van der Waals surface area contributed by atoms with Gasteiger partial charge in [-0.1, -0.05) is 6.07 Å². The number of rotatable bonds is 4. The lowest BCUT2D eigenvalue weighted by atomic mass is 9.97. The van der Waals surface area contributed by atoms with Gasteiger partial charge in [-0.15, -0.1) is 5.10 Å². The molecular weight excluding hydrogens is 409 g/mol. The molecule has 4 rings (SSSR count). The van der Waals surface area contributed by atoms with Gasteiger partial charge in [0, 0.05) is 30.9 Å². The molecule has 6 nitrogen and oxygen atoms in total. The van der Waals surface area contributed by atoms with Crippen molar-refractivity contribution in [2.75, 3.05) is 23.3 Å². The summed E-state index contributed by atoms with van der Waals surface area (Å²) < 4.78 is 41.2. The van der Waals surface area contributed by atoms with Gasteiger partial charge in [0.25, 0.3) is 5.56 Å². The topological polar surface area (TPSA) is 67.2 Å². The maximum atomic E-state index is 13.6. The minimum absolute atomic E-state index is 0.179. The van der Waals surface area contributed by atoms with E-state index in [4.69, 9.17) is 0 Å². The largest absolute Gasteiger partial charge is 0.354 e. The molecule has 1 N–H and O–H groups in total. The smallest absolute Gasteiger partial charge is 0.271 e. The number of aromatic nitrogens is 2. The van der Waals surface area contributed by atoms with E-state index < -0.39 is 28.9 Å². The molecule has 9 heteroatoms. The molecule has 160 valence electrons. The number of amides is 1. The lowest BCUT2D eigenvalue weighted by Gasteiger charge is -2.32. The van der Waals surface area contributed by atoms with Gasteiger partial charge in [-0.25, -0.2) is 13.2 Å². The fraction of sp³-hybridized carbons (Fsp3) is 0.227. The van der Waals surface area contributed by atoms with Crippen LogP contribution in [0.2, 0.25) is 0 Å². The summed E-state index contributed by atoms with van der Waals surface area (Å²) in [5, 5.41) is 6.96. The number of nitrogens with zero attached hydrogens (tertiary/aromatic N) is 3. The first-order valence-corrected chi connectivity index (χ1v) is 9.78. The average molecular weight is 428 g/mol. The van der Waals surface area contributed by atoms with E-state index in [1.54, 1.807) is 12.1 Å². The molecule has 31 heavy (non-hydrogen) atoms. The first-order chi connectivity index (χ1) is 14.9. The fourth-order valence-corrected chi connectivity index (χ4v) is 3.58. The molecule has 0 spiro atoms. The number of halogens is 3. The van der Waals surface area contributed by atoms with E-state index in [1.807, 2.05) is 4.90 Å². The van der Waals surface area contributed by atoms with E-state index in [1.165, 1.54) is 30.3 Å². The molecular formula is C22H19F3N4O2. The molecule has 2 heterocycles. The van der Waals surface area contributed by atoms with Crippen molar-refractivity contribution in [2.24, 2.45) is 5.92 Å². The number of piperidine rings is 1. The fourth-order valence-electron chi connectivity index (χ4n) is 3.58. The van der Waals surface area contributed by atoms with E-state index in [-0.39, 0.29) is 11.6 Å². The number of carbonyl (C=O) groups excluding carboxylic acids is 1. The minimum atomic E-state index is -1.04. The van der Waals surface area contributed by atoms with Crippen LogP contribution in [-0.4, -0.2) is 28.8 Å². The third-order valence-electron chi connectivity index (χ3n) is 5.14. The number of carbonyl (C=O) groups is 1. The standard InChI is InChI=1S/C22H19F3N4O2/c23-15-4-1-5-17(11-15)29-21(30)9-8-20(27-29)28-10-2-3-14(13-28)22(31)26-16-6-7-18(24)19(25)12-16/h1,4-9,11-12,14H,2-3,10,13H2,(H,26,31)/t14-/m0/s1. The Bertz CT molecular complexity index is 1180. The van der Waals surface area contributed by atoms with Crippen LogP contribution < -0.4 is 15.8 Å². The van der Waals surface area contributed by atoms with Gasteiger partial charge in [-0.2, -0.15) is 4.68 Å². The summed E-state index contributed by atoms with van der Waals surface area (Å²) in [4.78, 5) is 26.7. The summed E-state index contributed by atoms with van der Waals surface area (Å²) in [7, 11) is 0. The van der Waals surface area contributed by atoms with Crippen LogP contribution in [0.5, 0.6) is 0 Å². The van der Waals surface area contributed by atoms with Crippen molar-refractivity contribution in [3.63, 3.8) is 0 Å². The molecule has 0 unspecified atom stereocenters. The van der Waals surface area contributed by atoms with Gasteiger partial charge < -0.3 is 10.2 Å². The Morgan fingerprint density at radius 1 is 1.03 bits per heavy atom. The number of hydrogen-bond donors (Lipinski definition) is 1. The monoisotopic (exact) mass is 428 g/mol. The van der Waals surface area contributed by atoms with E-state index in [0.29, 0.717) is 37.4 Å². The molecule has 1 aromatic heterocycles. The number of benzene rings is 2. The van der Waals surface area contributed by atoms with E-state index in [2.05, 4.69) is 10.4 Å². The second-order valence-corrected chi connectivity index (χ2v) is 7.32. The SMILES string of the molecule is O=C(Nc1ccc(F)c(F)c1)[C@H]1CCCN(c2ccc(=O)n(-c3cccc(F)c3)n2)C1. The first-order valence-electron chi connectivity index (χ1n) is 9.78. The number of hydrogen-bond acceptors (Lipinski definition) is 4. The Morgan fingerprint density at radius 3 is 2.65 bits per heavy atom. The summed E-state index contributed by atoms with van der Waals surface area (Å²) in [5.41, 5.74) is 0.0780.